The molecule has 0 atom stereocenters. The highest BCUT2D eigenvalue weighted by atomic mass is 16.1. The normalized spacial score (nSPS) is 10.6. The minimum absolute atomic E-state index is 0.147. The molecule has 0 aliphatic heterocycles. The van der Waals surface area contributed by atoms with Gasteiger partial charge in [0.1, 0.15) is 0 Å². The number of para-hydroxylation sites is 1. The highest BCUT2D eigenvalue weighted by Crippen LogP contribution is 2.22. The van der Waals surface area contributed by atoms with Gasteiger partial charge in [-0.25, -0.2) is 0 Å². The average Bonchev–Trinajstić information content (AvgIpc) is 2.70. The van der Waals surface area contributed by atoms with Gasteiger partial charge in [0.05, 0.1) is 17.0 Å². The van der Waals surface area contributed by atoms with Crippen LogP contribution in [0.5, 0.6) is 0 Å². The standard InChI is InChI=1S/C20H14N4O/c25-20-17(19-10-6-12-22-23-19)13-15(18-9-4-5-11-21-18)14-24(20)16-7-2-1-3-8-16/h1-14H. The van der Waals surface area contributed by atoms with Gasteiger partial charge in [-0.15, -0.1) is 0 Å². The fourth-order valence-electron chi connectivity index (χ4n) is 2.66. The van der Waals surface area contributed by atoms with E-state index in [1.165, 1.54) is 0 Å². The van der Waals surface area contributed by atoms with E-state index in [4.69, 9.17) is 0 Å². The van der Waals surface area contributed by atoms with Gasteiger partial charge in [-0.1, -0.05) is 24.3 Å². The summed E-state index contributed by atoms with van der Waals surface area (Å²) in [7, 11) is 0. The van der Waals surface area contributed by atoms with Gasteiger partial charge in [0.15, 0.2) is 0 Å². The highest BCUT2D eigenvalue weighted by Gasteiger charge is 2.13. The fraction of sp³-hybridized carbons (Fsp3) is 0. The molecule has 120 valence electrons. The third-order valence-corrected chi connectivity index (χ3v) is 3.86. The molecule has 3 aromatic heterocycles. The Labute approximate surface area is 144 Å². The van der Waals surface area contributed by atoms with Crippen LogP contribution in [0.4, 0.5) is 0 Å². The van der Waals surface area contributed by atoms with E-state index in [1.807, 2.05) is 54.6 Å². The minimum atomic E-state index is -0.147. The molecule has 0 aliphatic rings. The Hall–Kier alpha value is -3.60. The zero-order valence-corrected chi connectivity index (χ0v) is 13.3. The van der Waals surface area contributed by atoms with E-state index in [0.29, 0.717) is 11.3 Å². The summed E-state index contributed by atoms with van der Waals surface area (Å²) in [5, 5.41) is 7.99. The lowest BCUT2D eigenvalue weighted by Gasteiger charge is -2.11. The summed E-state index contributed by atoms with van der Waals surface area (Å²) in [5.41, 5.74) is 3.29. The van der Waals surface area contributed by atoms with Gasteiger partial charge in [0.2, 0.25) is 0 Å². The van der Waals surface area contributed by atoms with Gasteiger partial charge in [-0.05, 0) is 42.5 Å². The first kappa shape index (κ1) is 15.0. The Morgan fingerprint density at radius 1 is 0.800 bits per heavy atom. The molecule has 25 heavy (non-hydrogen) atoms. The fourth-order valence-corrected chi connectivity index (χ4v) is 2.66. The lowest BCUT2D eigenvalue weighted by Crippen LogP contribution is -2.20. The number of hydrogen-bond donors (Lipinski definition) is 0. The predicted octanol–water partition coefficient (Wildman–Crippen LogP) is 3.36. The Morgan fingerprint density at radius 3 is 2.32 bits per heavy atom. The Kier molecular flexibility index (Phi) is 3.88. The molecular weight excluding hydrogens is 312 g/mol. The van der Waals surface area contributed by atoms with Crippen molar-refractivity contribution in [3.63, 3.8) is 0 Å². The first-order chi connectivity index (χ1) is 12.3. The van der Waals surface area contributed by atoms with E-state index in [9.17, 15) is 4.79 Å². The first-order valence-electron chi connectivity index (χ1n) is 7.84. The molecule has 0 saturated carbocycles. The van der Waals surface area contributed by atoms with Crippen LogP contribution in [0.2, 0.25) is 0 Å². The number of aromatic nitrogens is 4. The van der Waals surface area contributed by atoms with Crippen LogP contribution in [0.25, 0.3) is 28.2 Å². The van der Waals surface area contributed by atoms with Crippen molar-refractivity contribution in [1.82, 2.24) is 19.7 Å². The predicted molar refractivity (Wildman–Crippen MR) is 96.3 cm³/mol. The van der Waals surface area contributed by atoms with Crippen LogP contribution >= 0.6 is 0 Å². The molecular formula is C20H14N4O. The summed E-state index contributed by atoms with van der Waals surface area (Å²) in [6.07, 6.45) is 5.12. The number of pyridine rings is 2. The molecule has 4 aromatic rings. The molecule has 0 amide bonds. The van der Waals surface area contributed by atoms with Crippen molar-refractivity contribution in [2.75, 3.05) is 0 Å². The van der Waals surface area contributed by atoms with Crippen molar-refractivity contribution < 1.29 is 0 Å². The van der Waals surface area contributed by atoms with E-state index >= 15 is 0 Å². The van der Waals surface area contributed by atoms with E-state index in [2.05, 4.69) is 15.2 Å². The maximum Gasteiger partial charge on any atom is 0.264 e. The van der Waals surface area contributed by atoms with Crippen molar-refractivity contribution in [3.8, 4) is 28.2 Å². The van der Waals surface area contributed by atoms with E-state index in [0.717, 1.165) is 16.9 Å². The second-order valence-electron chi connectivity index (χ2n) is 5.48. The van der Waals surface area contributed by atoms with Crippen molar-refractivity contribution in [2.45, 2.75) is 0 Å². The third kappa shape index (κ3) is 2.95. The molecule has 0 aliphatic carbocycles. The lowest BCUT2D eigenvalue weighted by molar-refractivity contribution is 0.978. The van der Waals surface area contributed by atoms with E-state index in [1.54, 1.807) is 35.3 Å². The summed E-state index contributed by atoms with van der Waals surface area (Å²) < 4.78 is 1.62. The molecule has 1 aromatic carbocycles. The van der Waals surface area contributed by atoms with Gasteiger partial charge in [0, 0.05) is 29.8 Å². The van der Waals surface area contributed by atoms with Gasteiger partial charge in [-0.3, -0.25) is 14.3 Å². The molecule has 0 spiro atoms. The molecule has 5 nitrogen and oxygen atoms in total. The maximum atomic E-state index is 13.0. The minimum Gasteiger partial charge on any atom is -0.283 e. The van der Waals surface area contributed by atoms with Crippen LogP contribution < -0.4 is 5.56 Å². The van der Waals surface area contributed by atoms with Gasteiger partial charge < -0.3 is 0 Å². The number of benzene rings is 1. The smallest absolute Gasteiger partial charge is 0.264 e. The van der Waals surface area contributed by atoms with Crippen molar-refractivity contribution in [3.05, 3.63) is 95.7 Å². The summed E-state index contributed by atoms with van der Waals surface area (Å²) in [4.78, 5) is 17.4. The Balaban J connectivity index is 2.00. The zero-order valence-electron chi connectivity index (χ0n) is 13.3. The summed E-state index contributed by atoms with van der Waals surface area (Å²) in [6.45, 7) is 0. The second kappa shape index (κ2) is 6.49. The maximum absolute atomic E-state index is 13.0. The summed E-state index contributed by atoms with van der Waals surface area (Å²) >= 11 is 0. The lowest BCUT2D eigenvalue weighted by atomic mass is 10.1. The van der Waals surface area contributed by atoms with Gasteiger partial charge in [0.25, 0.3) is 5.56 Å². The van der Waals surface area contributed by atoms with Crippen molar-refractivity contribution in [2.24, 2.45) is 0 Å². The summed E-state index contributed by atoms with van der Waals surface area (Å²) in [6, 6.07) is 20.6. The van der Waals surface area contributed by atoms with Crippen LogP contribution in [-0.2, 0) is 0 Å². The van der Waals surface area contributed by atoms with Gasteiger partial charge >= 0.3 is 0 Å². The van der Waals surface area contributed by atoms with Crippen LogP contribution in [-0.4, -0.2) is 19.7 Å². The number of rotatable bonds is 3. The Morgan fingerprint density at radius 2 is 1.60 bits per heavy atom. The number of hydrogen-bond acceptors (Lipinski definition) is 4. The molecule has 3 heterocycles. The Bertz CT molecular complexity index is 982. The third-order valence-electron chi connectivity index (χ3n) is 3.86. The van der Waals surface area contributed by atoms with Crippen molar-refractivity contribution in [1.29, 1.82) is 0 Å². The molecule has 4 rings (SSSR count). The largest absolute Gasteiger partial charge is 0.283 e. The van der Waals surface area contributed by atoms with Crippen LogP contribution in [0, 0.1) is 0 Å². The first-order valence-corrected chi connectivity index (χ1v) is 7.84. The highest BCUT2D eigenvalue weighted by molar-refractivity contribution is 5.68. The molecule has 0 saturated heterocycles. The van der Waals surface area contributed by atoms with Gasteiger partial charge in [-0.2, -0.15) is 10.2 Å². The average molecular weight is 326 g/mol. The SMILES string of the molecule is O=c1c(-c2cccnn2)cc(-c2ccccn2)cn1-c1ccccc1. The van der Waals surface area contributed by atoms with Crippen LogP contribution in [0.3, 0.4) is 0 Å². The van der Waals surface area contributed by atoms with Crippen LogP contribution in [0.1, 0.15) is 0 Å². The number of nitrogens with zero attached hydrogens (tertiary/aromatic N) is 4. The molecule has 0 fully saturated rings. The molecule has 5 heteroatoms. The van der Waals surface area contributed by atoms with E-state index < -0.39 is 0 Å². The molecule has 0 radical (unpaired) electrons. The summed E-state index contributed by atoms with van der Waals surface area (Å²) in [5.74, 6) is 0. The second-order valence-corrected chi connectivity index (χ2v) is 5.48. The van der Waals surface area contributed by atoms with Crippen molar-refractivity contribution >= 4 is 0 Å². The van der Waals surface area contributed by atoms with Crippen LogP contribution in [0.15, 0.2) is 90.1 Å². The molecule has 0 bridgehead atoms. The monoisotopic (exact) mass is 326 g/mol. The topological polar surface area (TPSA) is 60.7 Å². The molecule has 0 unspecified atom stereocenters. The zero-order chi connectivity index (χ0) is 17.1. The quantitative estimate of drug-likeness (QED) is 0.579. The molecule has 0 N–H and O–H groups in total. The van der Waals surface area contributed by atoms with E-state index in [-0.39, 0.29) is 5.56 Å².